The molecule has 1 aliphatic heterocycles. The topological polar surface area (TPSA) is 84.9 Å². The Kier molecular flexibility index (Phi) is 8.01. The Morgan fingerprint density at radius 3 is 2.05 bits per heavy atom. The summed E-state index contributed by atoms with van der Waals surface area (Å²) in [7, 11) is 1.99. The number of hydrogen-bond acceptors (Lipinski definition) is 6. The number of hydrogen-bond donors (Lipinski definition) is 1. The van der Waals surface area contributed by atoms with E-state index in [4.69, 9.17) is 21.1 Å². The van der Waals surface area contributed by atoms with Crippen LogP contribution < -0.4 is 14.8 Å². The lowest BCUT2D eigenvalue weighted by molar-refractivity contribution is -0.120. The molecule has 1 N–H and O–H groups in total. The van der Waals surface area contributed by atoms with Gasteiger partial charge in [-0.1, -0.05) is 57.5 Å². The van der Waals surface area contributed by atoms with Crippen molar-refractivity contribution in [2.45, 2.75) is 66.2 Å². The maximum absolute atomic E-state index is 13.8. The maximum atomic E-state index is 13.8. The molecule has 0 bridgehead atoms. The van der Waals surface area contributed by atoms with E-state index in [2.05, 4.69) is 37.9 Å². The van der Waals surface area contributed by atoms with Crippen molar-refractivity contribution in [1.82, 2.24) is 4.90 Å². The molecular formula is C34H39ClN2O5. The van der Waals surface area contributed by atoms with Crippen LogP contribution in [0.15, 0.2) is 65.0 Å². The van der Waals surface area contributed by atoms with Gasteiger partial charge in [0.2, 0.25) is 0 Å². The SMILES string of the molecule is CCOc1cc(C2C3=C(CC(C)(C)CC3=O)N(C)C3=C2C(=O)CC(C)(C)C3)cc(Cl)c1OCC(=O)Nc1ccccc1. The van der Waals surface area contributed by atoms with Gasteiger partial charge in [-0.3, -0.25) is 14.4 Å². The van der Waals surface area contributed by atoms with Crippen molar-refractivity contribution in [1.29, 1.82) is 0 Å². The van der Waals surface area contributed by atoms with Crippen LogP contribution in [-0.2, 0) is 14.4 Å². The third-order valence-electron chi connectivity index (χ3n) is 8.25. The molecular weight excluding hydrogens is 552 g/mol. The van der Waals surface area contributed by atoms with Crippen LogP contribution in [-0.4, -0.2) is 42.6 Å². The van der Waals surface area contributed by atoms with Crippen LogP contribution in [0.2, 0.25) is 5.02 Å². The highest BCUT2D eigenvalue weighted by Gasteiger charge is 2.48. The third kappa shape index (κ3) is 5.84. The molecule has 0 radical (unpaired) electrons. The summed E-state index contributed by atoms with van der Waals surface area (Å²) in [5, 5.41) is 3.04. The second kappa shape index (κ2) is 11.3. The molecule has 0 unspecified atom stereocenters. The van der Waals surface area contributed by atoms with Crippen LogP contribution in [0.1, 0.15) is 71.8 Å². The molecule has 8 heteroatoms. The van der Waals surface area contributed by atoms with Crippen LogP contribution in [0.4, 0.5) is 5.69 Å². The molecule has 42 heavy (non-hydrogen) atoms. The fourth-order valence-corrected chi connectivity index (χ4v) is 6.79. The number of nitrogens with zero attached hydrogens (tertiary/aromatic N) is 1. The number of halogens is 1. The van der Waals surface area contributed by atoms with E-state index in [1.54, 1.807) is 18.2 Å². The molecule has 0 fully saturated rings. The fraction of sp³-hybridized carbons (Fsp3) is 0.441. The van der Waals surface area contributed by atoms with E-state index in [1.807, 2.05) is 38.2 Å². The van der Waals surface area contributed by atoms with Gasteiger partial charge in [-0.25, -0.2) is 0 Å². The smallest absolute Gasteiger partial charge is 0.262 e. The minimum Gasteiger partial charge on any atom is -0.490 e. The monoisotopic (exact) mass is 590 g/mol. The second-order valence-corrected chi connectivity index (χ2v) is 13.5. The number of anilines is 1. The van der Waals surface area contributed by atoms with E-state index < -0.39 is 5.92 Å². The molecule has 1 heterocycles. The standard InChI is InChI=1S/C34H39ClN2O5/c1-7-41-27-14-20(13-22(35)32(27)42-19-28(40)36-21-11-9-8-10-12-21)29-30-23(15-33(2,3)17-25(30)38)37(6)24-16-34(4,5)18-26(39)31(24)29/h8-14,29H,7,15-19H2,1-6H3,(H,36,40). The van der Waals surface area contributed by atoms with E-state index in [-0.39, 0.29) is 45.7 Å². The molecule has 1 amide bonds. The van der Waals surface area contributed by atoms with Crippen LogP contribution in [0, 0.1) is 10.8 Å². The predicted molar refractivity (Wildman–Crippen MR) is 164 cm³/mol. The van der Waals surface area contributed by atoms with Crippen molar-refractivity contribution in [3.05, 3.63) is 75.6 Å². The van der Waals surface area contributed by atoms with Gasteiger partial charge in [-0.2, -0.15) is 0 Å². The van der Waals surface area contributed by atoms with Crippen molar-refractivity contribution in [3.8, 4) is 11.5 Å². The first-order valence-corrected chi connectivity index (χ1v) is 14.9. The van der Waals surface area contributed by atoms with E-state index in [0.29, 0.717) is 47.6 Å². The Morgan fingerprint density at radius 2 is 1.50 bits per heavy atom. The number of benzene rings is 2. The number of carbonyl (C=O) groups is 3. The van der Waals surface area contributed by atoms with Gasteiger partial charge in [0.1, 0.15) is 0 Å². The lowest BCUT2D eigenvalue weighted by Crippen LogP contribution is -2.43. The van der Waals surface area contributed by atoms with Crippen molar-refractivity contribution in [3.63, 3.8) is 0 Å². The van der Waals surface area contributed by atoms with Gasteiger partial charge >= 0.3 is 0 Å². The summed E-state index contributed by atoms with van der Waals surface area (Å²) in [5.74, 6) is -0.180. The van der Waals surface area contributed by atoms with E-state index >= 15 is 0 Å². The highest BCUT2D eigenvalue weighted by molar-refractivity contribution is 6.32. The molecule has 2 aromatic rings. The molecule has 7 nitrogen and oxygen atoms in total. The summed E-state index contributed by atoms with van der Waals surface area (Å²) in [6.07, 6.45) is 2.27. The first kappa shape index (κ1) is 29.9. The predicted octanol–water partition coefficient (Wildman–Crippen LogP) is 7.07. The molecule has 5 rings (SSSR count). The van der Waals surface area contributed by atoms with Gasteiger partial charge in [0.15, 0.2) is 29.7 Å². The number of para-hydroxylation sites is 1. The number of carbonyl (C=O) groups excluding carboxylic acids is 3. The summed E-state index contributed by atoms with van der Waals surface area (Å²) < 4.78 is 11.8. The summed E-state index contributed by atoms with van der Waals surface area (Å²) in [4.78, 5) is 42.3. The Hall–Kier alpha value is -3.58. The number of Topliss-reactive ketones (excluding diaryl/α,β-unsaturated/α-hetero) is 2. The molecule has 0 saturated heterocycles. The van der Waals surface area contributed by atoms with Crippen molar-refractivity contribution >= 4 is 34.8 Å². The Labute approximate surface area is 252 Å². The zero-order valence-electron chi connectivity index (χ0n) is 25.2. The summed E-state index contributed by atoms with van der Waals surface area (Å²) in [5.41, 5.74) is 4.26. The largest absolute Gasteiger partial charge is 0.490 e. The van der Waals surface area contributed by atoms with E-state index in [9.17, 15) is 14.4 Å². The number of amides is 1. The van der Waals surface area contributed by atoms with Gasteiger partial charge in [0.05, 0.1) is 11.6 Å². The quantitative estimate of drug-likeness (QED) is 0.371. The Balaban J connectivity index is 1.56. The van der Waals surface area contributed by atoms with Gasteiger partial charge in [0.25, 0.3) is 5.91 Å². The number of ketones is 2. The van der Waals surface area contributed by atoms with Gasteiger partial charge in [-0.05, 0) is 60.4 Å². The van der Waals surface area contributed by atoms with E-state index in [0.717, 1.165) is 24.2 Å². The van der Waals surface area contributed by atoms with Crippen molar-refractivity contribution in [2.75, 3.05) is 25.6 Å². The second-order valence-electron chi connectivity index (χ2n) is 13.1. The zero-order chi connectivity index (χ0) is 30.4. The highest BCUT2D eigenvalue weighted by Crippen LogP contribution is 2.55. The first-order chi connectivity index (χ1) is 19.8. The summed E-state index contributed by atoms with van der Waals surface area (Å²) >= 11 is 6.83. The number of rotatable bonds is 7. The van der Waals surface area contributed by atoms with Crippen LogP contribution in [0.3, 0.4) is 0 Å². The van der Waals surface area contributed by atoms with Crippen molar-refractivity contribution in [2.24, 2.45) is 10.8 Å². The first-order valence-electron chi connectivity index (χ1n) is 14.5. The fourth-order valence-electron chi connectivity index (χ4n) is 6.51. The molecule has 0 saturated carbocycles. The van der Waals surface area contributed by atoms with Gasteiger partial charge in [-0.15, -0.1) is 0 Å². The lowest BCUT2D eigenvalue weighted by Gasteiger charge is -2.48. The molecule has 0 atom stereocenters. The number of ether oxygens (including phenoxy) is 2. The molecule has 2 aliphatic carbocycles. The zero-order valence-corrected chi connectivity index (χ0v) is 26.0. The normalized spacial score (nSPS) is 19.8. The molecule has 0 spiro atoms. The average molecular weight is 591 g/mol. The summed E-state index contributed by atoms with van der Waals surface area (Å²) in [6.45, 7) is 10.4. The highest BCUT2D eigenvalue weighted by atomic mass is 35.5. The molecule has 3 aliphatic rings. The number of nitrogens with one attached hydrogen (secondary N) is 1. The third-order valence-corrected chi connectivity index (χ3v) is 8.53. The van der Waals surface area contributed by atoms with Gasteiger partial charge < -0.3 is 19.7 Å². The molecule has 222 valence electrons. The van der Waals surface area contributed by atoms with Crippen LogP contribution in [0.25, 0.3) is 0 Å². The van der Waals surface area contributed by atoms with Crippen molar-refractivity contribution < 1.29 is 23.9 Å². The van der Waals surface area contributed by atoms with Crippen LogP contribution >= 0.6 is 11.6 Å². The van der Waals surface area contributed by atoms with Gasteiger partial charge in [0, 0.05) is 54.0 Å². The minimum atomic E-state index is -0.550. The van der Waals surface area contributed by atoms with E-state index in [1.165, 1.54) is 0 Å². The van der Waals surface area contributed by atoms with Crippen LogP contribution in [0.5, 0.6) is 11.5 Å². The molecule has 0 aromatic heterocycles. The lowest BCUT2D eigenvalue weighted by atomic mass is 9.63. The Bertz CT molecular complexity index is 1450. The average Bonchev–Trinajstić information content (AvgIpc) is 2.89. The maximum Gasteiger partial charge on any atom is 0.262 e. The summed E-state index contributed by atoms with van der Waals surface area (Å²) in [6, 6.07) is 12.7. The number of allylic oxidation sites excluding steroid dienone is 4. The Morgan fingerprint density at radius 1 is 0.929 bits per heavy atom. The molecule has 2 aromatic carbocycles. The minimum absolute atomic E-state index is 0.0503.